The number of amides is 1. The third-order valence-corrected chi connectivity index (χ3v) is 9.56. The summed E-state index contributed by atoms with van der Waals surface area (Å²) in [5.41, 5.74) is 0. The highest BCUT2D eigenvalue weighted by molar-refractivity contribution is 5.80. The number of allylic oxidation sites excluding steroid dienone is 3. The number of aliphatic hydroxyl groups is 6. The number of carbonyl (C=O) groups excluding carboxylic acids is 1. The lowest BCUT2D eigenvalue weighted by molar-refractivity contribution is -0.358. The maximum absolute atomic E-state index is 13.0. The SMILES string of the molecule is CCCCCC=CCCCCCC=CCC(O)C(COC1OC(OCO)C(O)C(O)C1O)NC(=O)C(O)CCCCCCCCCCCCCC. The number of rotatable bonds is 33. The number of carbonyl (C=O) groups is 1. The fraction of sp³-hybridized carbons (Fsp3) is 0.875. The van der Waals surface area contributed by atoms with Crippen molar-refractivity contribution in [2.45, 2.75) is 211 Å². The molecule has 7 N–H and O–H groups in total. The van der Waals surface area contributed by atoms with E-state index in [2.05, 4.69) is 31.3 Å². The molecular weight excluding hydrogens is 654 g/mol. The van der Waals surface area contributed by atoms with Crippen molar-refractivity contribution in [1.29, 1.82) is 0 Å². The van der Waals surface area contributed by atoms with Gasteiger partial charge in [0.15, 0.2) is 12.6 Å². The average Bonchev–Trinajstić information content (AvgIpc) is 3.12. The normalized spacial score (nSPS) is 22.9. The Morgan fingerprint density at radius 2 is 1.10 bits per heavy atom. The molecule has 11 heteroatoms. The van der Waals surface area contributed by atoms with Gasteiger partial charge in [0.25, 0.3) is 0 Å². The first kappa shape index (κ1) is 47.6. The van der Waals surface area contributed by atoms with E-state index in [9.17, 15) is 30.3 Å². The minimum absolute atomic E-state index is 0.218. The maximum atomic E-state index is 13.0. The van der Waals surface area contributed by atoms with Crippen LogP contribution in [-0.4, -0.2) is 99.1 Å². The molecule has 0 aromatic heterocycles. The second-order valence-electron chi connectivity index (χ2n) is 14.2. The van der Waals surface area contributed by atoms with E-state index in [1.54, 1.807) is 0 Å². The van der Waals surface area contributed by atoms with Crippen LogP contribution in [0.2, 0.25) is 0 Å². The molecule has 1 fully saturated rings. The Morgan fingerprint density at radius 3 is 1.65 bits per heavy atom. The number of hydrogen-bond donors (Lipinski definition) is 7. The topological polar surface area (TPSA) is 178 Å². The van der Waals surface area contributed by atoms with Gasteiger partial charge in [-0.15, -0.1) is 0 Å². The van der Waals surface area contributed by atoms with Crippen LogP contribution in [0.15, 0.2) is 24.3 Å². The molecule has 0 bridgehead atoms. The van der Waals surface area contributed by atoms with Gasteiger partial charge in [-0.2, -0.15) is 0 Å². The van der Waals surface area contributed by atoms with Crippen molar-refractivity contribution in [3.63, 3.8) is 0 Å². The Labute approximate surface area is 308 Å². The summed E-state index contributed by atoms with van der Waals surface area (Å²) in [6.45, 7) is 3.32. The van der Waals surface area contributed by atoms with E-state index in [-0.39, 0.29) is 13.0 Å². The summed E-state index contributed by atoms with van der Waals surface area (Å²) in [5, 5.41) is 64.1. The molecule has 1 heterocycles. The molecule has 0 aromatic rings. The van der Waals surface area contributed by atoms with Crippen LogP contribution < -0.4 is 5.32 Å². The third-order valence-electron chi connectivity index (χ3n) is 9.56. The summed E-state index contributed by atoms with van der Waals surface area (Å²) in [5.74, 6) is -0.629. The number of aliphatic hydroxyl groups excluding tert-OH is 6. The van der Waals surface area contributed by atoms with Crippen LogP contribution in [0.5, 0.6) is 0 Å². The Kier molecular flexibility index (Phi) is 29.9. The fourth-order valence-corrected chi connectivity index (χ4v) is 6.17. The van der Waals surface area contributed by atoms with Crippen molar-refractivity contribution < 1.29 is 49.6 Å². The molecule has 1 aliphatic heterocycles. The minimum Gasteiger partial charge on any atom is -0.391 e. The lowest BCUT2D eigenvalue weighted by Gasteiger charge is -2.40. The summed E-state index contributed by atoms with van der Waals surface area (Å²) in [7, 11) is 0. The predicted octanol–water partition coefficient (Wildman–Crippen LogP) is 6.07. The summed E-state index contributed by atoms with van der Waals surface area (Å²) < 4.78 is 15.9. The van der Waals surface area contributed by atoms with Crippen molar-refractivity contribution in [2.75, 3.05) is 13.4 Å². The van der Waals surface area contributed by atoms with E-state index >= 15 is 0 Å². The van der Waals surface area contributed by atoms with Crippen LogP contribution in [0.4, 0.5) is 0 Å². The second-order valence-corrected chi connectivity index (χ2v) is 14.2. The maximum Gasteiger partial charge on any atom is 0.249 e. The number of ether oxygens (including phenoxy) is 3. The van der Waals surface area contributed by atoms with Gasteiger partial charge in [-0.05, 0) is 51.4 Å². The van der Waals surface area contributed by atoms with Crippen molar-refractivity contribution >= 4 is 5.91 Å². The van der Waals surface area contributed by atoms with E-state index in [0.717, 1.165) is 57.8 Å². The summed E-state index contributed by atoms with van der Waals surface area (Å²) in [4.78, 5) is 13.0. The molecule has 1 saturated heterocycles. The van der Waals surface area contributed by atoms with E-state index < -0.39 is 61.8 Å². The van der Waals surface area contributed by atoms with Gasteiger partial charge in [0.1, 0.15) is 31.2 Å². The zero-order valence-corrected chi connectivity index (χ0v) is 31.9. The Balaban J connectivity index is 2.55. The molecule has 8 unspecified atom stereocenters. The highest BCUT2D eigenvalue weighted by Gasteiger charge is 2.45. The molecule has 0 spiro atoms. The second kappa shape index (κ2) is 32.1. The Morgan fingerprint density at radius 1 is 0.647 bits per heavy atom. The zero-order chi connectivity index (χ0) is 37.5. The van der Waals surface area contributed by atoms with E-state index in [1.165, 1.54) is 70.6 Å². The van der Waals surface area contributed by atoms with Crippen molar-refractivity contribution in [2.24, 2.45) is 0 Å². The first-order valence-electron chi connectivity index (χ1n) is 20.3. The average molecular weight is 730 g/mol. The first-order chi connectivity index (χ1) is 24.8. The molecule has 1 amide bonds. The summed E-state index contributed by atoms with van der Waals surface area (Å²) in [6.07, 6.45) is 23.1. The Bertz CT molecular complexity index is 874. The third kappa shape index (κ3) is 23.1. The standard InChI is InChI=1S/C40H75NO10/c1-3-5-7-9-11-13-15-17-19-20-22-24-26-28-33(43)32(30-49-39-36(46)35(45)37(47)40(51-39)50-31-42)41-38(48)34(44)29-27-25-23-21-18-16-14-12-10-8-6-4-2/h11,13,24,26,32-37,39-40,42-47H,3-10,12,14-23,25,27-31H2,1-2H3,(H,41,48). The molecule has 11 nitrogen and oxygen atoms in total. The van der Waals surface area contributed by atoms with Gasteiger partial charge in [0.05, 0.1) is 18.8 Å². The molecule has 0 saturated carbocycles. The van der Waals surface area contributed by atoms with Crippen molar-refractivity contribution in [3.8, 4) is 0 Å². The van der Waals surface area contributed by atoms with E-state index in [0.29, 0.717) is 12.8 Å². The highest BCUT2D eigenvalue weighted by Crippen LogP contribution is 2.23. The van der Waals surface area contributed by atoms with Crippen LogP contribution in [0.3, 0.4) is 0 Å². The lowest BCUT2D eigenvalue weighted by atomic mass is 10.0. The van der Waals surface area contributed by atoms with Crippen molar-refractivity contribution in [3.05, 3.63) is 24.3 Å². The van der Waals surface area contributed by atoms with Gasteiger partial charge >= 0.3 is 0 Å². The predicted molar refractivity (Wildman–Crippen MR) is 201 cm³/mol. The highest BCUT2D eigenvalue weighted by atomic mass is 16.8. The lowest BCUT2D eigenvalue weighted by Crippen LogP contribution is -2.60. The zero-order valence-electron chi connectivity index (χ0n) is 31.9. The minimum atomic E-state index is -1.68. The molecule has 51 heavy (non-hydrogen) atoms. The van der Waals surface area contributed by atoms with Crippen LogP contribution in [-0.2, 0) is 19.0 Å². The Hall–Kier alpha value is -1.41. The van der Waals surface area contributed by atoms with Gasteiger partial charge < -0.3 is 50.2 Å². The van der Waals surface area contributed by atoms with Crippen molar-refractivity contribution in [1.82, 2.24) is 5.32 Å². The largest absolute Gasteiger partial charge is 0.391 e. The molecule has 8 atom stereocenters. The molecule has 300 valence electrons. The number of unbranched alkanes of at least 4 members (excludes halogenated alkanes) is 18. The monoisotopic (exact) mass is 730 g/mol. The van der Waals surface area contributed by atoms with Crippen LogP contribution in [0.1, 0.15) is 162 Å². The van der Waals surface area contributed by atoms with Crippen LogP contribution in [0.25, 0.3) is 0 Å². The summed E-state index contributed by atoms with van der Waals surface area (Å²) in [6, 6.07) is -0.972. The molecule has 1 rings (SSSR count). The summed E-state index contributed by atoms with van der Waals surface area (Å²) >= 11 is 0. The van der Waals surface area contributed by atoms with Gasteiger partial charge in [0.2, 0.25) is 5.91 Å². The smallest absolute Gasteiger partial charge is 0.249 e. The quantitative estimate of drug-likeness (QED) is 0.0239. The molecule has 1 aliphatic rings. The molecule has 0 aliphatic carbocycles. The van der Waals surface area contributed by atoms with E-state index in [1.807, 2.05) is 12.2 Å². The number of nitrogens with one attached hydrogen (secondary N) is 1. The van der Waals surface area contributed by atoms with E-state index in [4.69, 9.17) is 19.3 Å². The molecule has 0 radical (unpaired) electrons. The first-order valence-corrected chi connectivity index (χ1v) is 20.3. The van der Waals surface area contributed by atoms with Crippen LogP contribution >= 0.6 is 0 Å². The number of hydrogen-bond acceptors (Lipinski definition) is 10. The van der Waals surface area contributed by atoms with Gasteiger partial charge in [-0.3, -0.25) is 4.79 Å². The van der Waals surface area contributed by atoms with Gasteiger partial charge in [0, 0.05) is 0 Å². The fourth-order valence-electron chi connectivity index (χ4n) is 6.17. The molecular formula is C40H75NO10. The van der Waals surface area contributed by atoms with Gasteiger partial charge in [-0.1, -0.05) is 134 Å². The molecule has 0 aromatic carbocycles. The van der Waals surface area contributed by atoms with Gasteiger partial charge in [-0.25, -0.2) is 0 Å². The van der Waals surface area contributed by atoms with Crippen LogP contribution in [0, 0.1) is 0 Å².